The first kappa shape index (κ1) is 6.38. The van der Waals surface area contributed by atoms with Crippen molar-refractivity contribution in [1.82, 2.24) is 5.32 Å². The minimum Gasteiger partial charge on any atom is -0.309 e. The van der Waals surface area contributed by atoms with E-state index in [0.29, 0.717) is 0 Å². The van der Waals surface area contributed by atoms with E-state index in [4.69, 9.17) is 6.42 Å². The molecule has 0 amide bonds. The molecular formula is C8H11N. The maximum absolute atomic E-state index is 5.08. The lowest BCUT2D eigenvalue weighted by Gasteiger charge is -2.17. The van der Waals surface area contributed by atoms with Crippen LogP contribution in [0.3, 0.4) is 0 Å². The van der Waals surface area contributed by atoms with Gasteiger partial charge in [0, 0.05) is 19.5 Å². The Labute approximate surface area is 56.1 Å². The molecule has 1 saturated heterocycles. The zero-order valence-electron chi connectivity index (χ0n) is 5.48. The summed E-state index contributed by atoms with van der Waals surface area (Å²) in [4.78, 5) is 0. The third-order valence-corrected chi connectivity index (χ3v) is 1.43. The van der Waals surface area contributed by atoms with Gasteiger partial charge in [-0.25, -0.2) is 0 Å². The normalized spacial score (nSPS) is 16.1. The Morgan fingerprint density at radius 1 is 1.67 bits per heavy atom. The molecule has 1 N–H and O–H groups in total. The minimum absolute atomic E-state index is 0.878. The molecule has 1 aliphatic rings. The number of allylic oxidation sites excluding steroid dienone is 1. The molecule has 1 nitrogen and oxygen atoms in total. The summed E-state index contributed by atoms with van der Waals surface area (Å²) in [7, 11) is 0. The van der Waals surface area contributed by atoms with E-state index in [1.807, 2.05) is 0 Å². The summed E-state index contributed by atoms with van der Waals surface area (Å²) in [5.41, 5.74) is 1.50. The number of hydrogen-bond donors (Lipinski definition) is 1. The first-order chi connectivity index (χ1) is 4.43. The predicted molar refractivity (Wildman–Crippen MR) is 39.0 cm³/mol. The van der Waals surface area contributed by atoms with E-state index in [0.717, 1.165) is 25.9 Å². The Morgan fingerprint density at radius 2 is 2.44 bits per heavy atom. The van der Waals surface area contributed by atoms with Gasteiger partial charge in [-0.1, -0.05) is 6.08 Å². The fourth-order valence-electron chi connectivity index (χ4n) is 0.773. The highest BCUT2D eigenvalue weighted by Gasteiger charge is 2.04. The topological polar surface area (TPSA) is 12.0 Å². The number of hydrogen-bond acceptors (Lipinski definition) is 1. The molecule has 0 spiro atoms. The summed E-state index contributed by atoms with van der Waals surface area (Å²) in [5, 5.41) is 3.17. The maximum atomic E-state index is 5.08. The third-order valence-electron chi connectivity index (χ3n) is 1.43. The van der Waals surface area contributed by atoms with E-state index in [9.17, 15) is 0 Å². The van der Waals surface area contributed by atoms with Crippen molar-refractivity contribution >= 4 is 0 Å². The number of rotatable bonds is 2. The second-order valence-corrected chi connectivity index (χ2v) is 2.21. The summed E-state index contributed by atoms with van der Waals surface area (Å²) in [6.07, 6.45) is 9.24. The van der Waals surface area contributed by atoms with Crippen LogP contribution in [0, 0.1) is 12.3 Å². The number of nitrogens with one attached hydrogen (secondary N) is 1. The largest absolute Gasteiger partial charge is 0.309 e. The van der Waals surface area contributed by atoms with Crippen LogP contribution in [-0.4, -0.2) is 13.1 Å². The van der Waals surface area contributed by atoms with Crippen molar-refractivity contribution < 1.29 is 0 Å². The summed E-state index contributed by atoms with van der Waals surface area (Å²) in [5.74, 6) is 2.61. The summed E-state index contributed by atoms with van der Waals surface area (Å²) in [6, 6.07) is 0. The second-order valence-electron chi connectivity index (χ2n) is 2.21. The van der Waals surface area contributed by atoms with Gasteiger partial charge < -0.3 is 5.32 Å². The average molecular weight is 121 g/mol. The van der Waals surface area contributed by atoms with Crippen LogP contribution in [0.5, 0.6) is 0 Å². The lowest BCUT2D eigenvalue weighted by Crippen LogP contribution is -2.33. The zero-order chi connectivity index (χ0) is 6.53. The summed E-state index contributed by atoms with van der Waals surface area (Å²) < 4.78 is 0. The molecule has 0 aromatic heterocycles. The highest BCUT2D eigenvalue weighted by Crippen LogP contribution is 2.02. The summed E-state index contributed by atoms with van der Waals surface area (Å²) in [6.45, 7) is 2.15. The van der Waals surface area contributed by atoms with Gasteiger partial charge in [0.15, 0.2) is 0 Å². The van der Waals surface area contributed by atoms with Gasteiger partial charge in [-0.2, -0.15) is 0 Å². The molecule has 1 heteroatoms. The zero-order valence-corrected chi connectivity index (χ0v) is 5.48. The highest BCUT2D eigenvalue weighted by molar-refractivity contribution is 5.14. The predicted octanol–water partition coefficient (Wildman–Crippen LogP) is 0.929. The van der Waals surface area contributed by atoms with Crippen molar-refractivity contribution in [2.75, 3.05) is 13.1 Å². The van der Waals surface area contributed by atoms with Crippen LogP contribution < -0.4 is 5.32 Å². The van der Waals surface area contributed by atoms with Crippen LogP contribution in [0.15, 0.2) is 11.6 Å². The van der Waals surface area contributed by atoms with Gasteiger partial charge in [0.1, 0.15) is 0 Å². The molecular weight excluding hydrogens is 110 g/mol. The smallest absolute Gasteiger partial charge is 0.0180 e. The maximum Gasteiger partial charge on any atom is 0.0180 e. The molecule has 0 saturated carbocycles. The van der Waals surface area contributed by atoms with Crippen molar-refractivity contribution in [2.45, 2.75) is 12.8 Å². The van der Waals surface area contributed by atoms with E-state index >= 15 is 0 Å². The fraction of sp³-hybridized carbons (Fsp3) is 0.500. The molecule has 0 aromatic carbocycles. The molecule has 9 heavy (non-hydrogen) atoms. The molecule has 1 fully saturated rings. The average Bonchev–Trinajstić information content (AvgIpc) is 1.76. The van der Waals surface area contributed by atoms with Gasteiger partial charge >= 0.3 is 0 Å². The number of terminal acetylenes is 1. The molecule has 0 bridgehead atoms. The van der Waals surface area contributed by atoms with E-state index in [-0.39, 0.29) is 0 Å². The van der Waals surface area contributed by atoms with Gasteiger partial charge in [0.25, 0.3) is 0 Å². The third kappa shape index (κ3) is 1.91. The molecule has 0 aromatic rings. The molecule has 1 heterocycles. The Hall–Kier alpha value is -0.740. The lowest BCUT2D eigenvalue weighted by atomic mass is 10.1. The van der Waals surface area contributed by atoms with E-state index in [1.54, 1.807) is 0 Å². The lowest BCUT2D eigenvalue weighted by molar-refractivity contribution is 0.662. The first-order valence-corrected chi connectivity index (χ1v) is 3.25. The van der Waals surface area contributed by atoms with Crippen LogP contribution in [0.4, 0.5) is 0 Å². The van der Waals surface area contributed by atoms with Gasteiger partial charge in [-0.3, -0.25) is 0 Å². The van der Waals surface area contributed by atoms with Crippen LogP contribution >= 0.6 is 0 Å². The van der Waals surface area contributed by atoms with Crippen molar-refractivity contribution in [3.05, 3.63) is 11.6 Å². The molecule has 0 radical (unpaired) electrons. The molecule has 1 rings (SSSR count). The van der Waals surface area contributed by atoms with Crippen molar-refractivity contribution in [3.8, 4) is 12.3 Å². The van der Waals surface area contributed by atoms with Crippen LogP contribution in [0.2, 0.25) is 0 Å². The highest BCUT2D eigenvalue weighted by atomic mass is 14.9. The quantitative estimate of drug-likeness (QED) is 0.325. The molecule has 1 aliphatic heterocycles. The van der Waals surface area contributed by atoms with E-state index in [2.05, 4.69) is 17.3 Å². The van der Waals surface area contributed by atoms with Crippen LogP contribution in [0.1, 0.15) is 12.8 Å². The van der Waals surface area contributed by atoms with Gasteiger partial charge in [0.2, 0.25) is 0 Å². The molecule has 0 unspecified atom stereocenters. The van der Waals surface area contributed by atoms with Gasteiger partial charge in [-0.15, -0.1) is 12.3 Å². The molecule has 0 aliphatic carbocycles. The Morgan fingerprint density at radius 3 is 2.89 bits per heavy atom. The van der Waals surface area contributed by atoms with Crippen molar-refractivity contribution in [2.24, 2.45) is 0 Å². The first-order valence-electron chi connectivity index (χ1n) is 3.25. The molecule has 48 valence electrons. The Balaban J connectivity index is 2.09. The van der Waals surface area contributed by atoms with E-state index < -0.39 is 0 Å². The fourth-order valence-corrected chi connectivity index (χ4v) is 0.773. The minimum atomic E-state index is 0.878. The monoisotopic (exact) mass is 121 g/mol. The second kappa shape index (κ2) is 3.32. The van der Waals surface area contributed by atoms with Crippen LogP contribution in [-0.2, 0) is 0 Å². The van der Waals surface area contributed by atoms with Gasteiger partial charge in [-0.05, 0) is 12.0 Å². The SMILES string of the molecule is C#CCCC=C1CNC1. The van der Waals surface area contributed by atoms with Crippen molar-refractivity contribution in [1.29, 1.82) is 0 Å². The van der Waals surface area contributed by atoms with Crippen molar-refractivity contribution in [3.63, 3.8) is 0 Å². The Bertz CT molecular complexity index is 144. The summed E-state index contributed by atoms with van der Waals surface area (Å²) >= 11 is 0. The molecule has 0 atom stereocenters. The van der Waals surface area contributed by atoms with E-state index in [1.165, 1.54) is 5.57 Å². The van der Waals surface area contributed by atoms with Crippen LogP contribution in [0.25, 0.3) is 0 Å². The standard InChI is InChI=1S/C8H11N/c1-2-3-4-5-8-6-9-7-8/h1,5,9H,3-4,6-7H2. The number of unbranched alkanes of at least 4 members (excludes halogenated alkanes) is 1. The van der Waals surface area contributed by atoms with Gasteiger partial charge in [0.05, 0.1) is 0 Å². The Kier molecular flexibility index (Phi) is 2.35.